The summed E-state index contributed by atoms with van der Waals surface area (Å²) in [6.45, 7) is 0.234. The van der Waals surface area contributed by atoms with Crippen molar-refractivity contribution in [3.8, 4) is 11.9 Å². The van der Waals surface area contributed by atoms with Crippen LogP contribution in [-0.4, -0.2) is 46.3 Å². The number of nitriles is 1. The Balaban J connectivity index is 1.16. The summed E-state index contributed by atoms with van der Waals surface area (Å²) in [5.41, 5.74) is 1.35. The van der Waals surface area contributed by atoms with Gasteiger partial charge in [-0.3, -0.25) is 19.3 Å². The maximum absolute atomic E-state index is 12.4. The predicted molar refractivity (Wildman–Crippen MR) is 115 cm³/mol. The highest BCUT2D eigenvalue weighted by Crippen LogP contribution is 2.24. The lowest BCUT2D eigenvalue weighted by molar-refractivity contribution is -0.122. The molecule has 2 aromatic rings. The smallest absolute Gasteiger partial charge is 0.261 e. The number of benzene rings is 1. The fourth-order valence-corrected chi connectivity index (χ4v) is 4.15. The summed E-state index contributed by atoms with van der Waals surface area (Å²) >= 11 is 0. The van der Waals surface area contributed by atoms with E-state index in [0.717, 1.165) is 25.7 Å². The van der Waals surface area contributed by atoms with Crippen LogP contribution in [0, 0.1) is 11.3 Å². The third-order valence-corrected chi connectivity index (χ3v) is 5.86. The van der Waals surface area contributed by atoms with Gasteiger partial charge in [0.25, 0.3) is 11.8 Å². The lowest BCUT2D eigenvalue weighted by atomic mass is 9.93. The quantitative estimate of drug-likeness (QED) is 0.673. The number of carbonyl (C=O) groups excluding carboxylic acids is 3. The Kier molecular flexibility index (Phi) is 6.45. The number of nitrogens with one attached hydrogen (secondary N) is 1. The first-order valence-electron chi connectivity index (χ1n) is 10.8. The molecule has 8 nitrogen and oxygen atoms in total. The van der Waals surface area contributed by atoms with Crippen LogP contribution in [0.25, 0.3) is 0 Å². The van der Waals surface area contributed by atoms with Crippen LogP contribution in [0.2, 0.25) is 0 Å². The molecule has 0 radical (unpaired) electrons. The van der Waals surface area contributed by atoms with E-state index in [0.29, 0.717) is 29.0 Å². The standard InChI is InChI=1S/C24H24N4O4/c25-14-16-7-12-22(26-15-16)32-18-10-8-17(9-11-18)27-21(29)6-3-13-28-23(30)19-4-1-2-5-20(19)24(28)31/h1-2,4-5,7,12,15,17-18H,3,6,8-11,13H2,(H,27,29). The molecule has 1 aliphatic carbocycles. The molecule has 32 heavy (non-hydrogen) atoms. The largest absolute Gasteiger partial charge is 0.474 e. The fourth-order valence-electron chi connectivity index (χ4n) is 4.15. The molecule has 0 bridgehead atoms. The average molecular weight is 432 g/mol. The predicted octanol–water partition coefficient (Wildman–Crippen LogP) is 2.84. The molecular weight excluding hydrogens is 408 g/mol. The molecule has 8 heteroatoms. The van der Waals surface area contributed by atoms with Crippen molar-refractivity contribution in [3.05, 3.63) is 59.3 Å². The molecule has 4 rings (SSSR count). The summed E-state index contributed by atoms with van der Waals surface area (Å²) in [4.78, 5) is 42.4. The van der Waals surface area contributed by atoms with Gasteiger partial charge in [-0.25, -0.2) is 4.98 Å². The number of aromatic nitrogens is 1. The number of rotatable bonds is 7. The van der Waals surface area contributed by atoms with Crippen LogP contribution in [-0.2, 0) is 4.79 Å². The summed E-state index contributed by atoms with van der Waals surface area (Å²) in [5.74, 6) is -0.147. The van der Waals surface area contributed by atoms with E-state index in [9.17, 15) is 14.4 Å². The lowest BCUT2D eigenvalue weighted by Gasteiger charge is -2.29. The van der Waals surface area contributed by atoms with Gasteiger partial charge in [-0.05, 0) is 50.3 Å². The highest BCUT2D eigenvalue weighted by molar-refractivity contribution is 6.21. The minimum Gasteiger partial charge on any atom is -0.474 e. The Morgan fingerprint density at radius 3 is 2.38 bits per heavy atom. The van der Waals surface area contributed by atoms with Gasteiger partial charge in [0.1, 0.15) is 12.2 Å². The van der Waals surface area contributed by atoms with E-state index in [1.165, 1.54) is 11.1 Å². The SMILES string of the molecule is N#Cc1ccc(OC2CCC(NC(=O)CCCN3C(=O)c4ccccc4C3=O)CC2)nc1. The van der Waals surface area contributed by atoms with Gasteiger partial charge in [-0.2, -0.15) is 5.26 Å². The van der Waals surface area contributed by atoms with Crippen molar-refractivity contribution in [1.82, 2.24) is 15.2 Å². The van der Waals surface area contributed by atoms with Crippen LogP contribution >= 0.6 is 0 Å². The minimum atomic E-state index is -0.291. The second kappa shape index (κ2) is 9.60. The maximum Gasteiger partial charge on any atom is 0.261 e. The molecule has 2 heterocycles. The molecule has 2 aliphatic rings. The number of hydrogen-bond donors (Lipinski definition) is 1. The van der Waals surface area contributed by atoms with Gasteiger partial charge in [-0.1, -0.05) is 12.1 Å². The summed E-state index contributed by atoms with van der Waals surface area (Å²) in [6, 6.07) is 12.3. The van der Waals surface area contributed by atoms with Gasteiger partial charge in [0.05, 0.1) is 16.7 Å². The van der Waals surface area contributed by atoms with E-state index >= 15 is 0 Å². The Labute approximate surface area is 186 Å². The van der Waals surface area contributed by atoms with Crippen LogP contribution in [0.1, 0.15) is 64.8 Å². The van der Waals surface area contributed by atoms with Crippen LogP contribution in [0.5, 0.6) is 5.88 Å². The number of imide groups is 1. The number of ether oxygens (including phenoxy) is 1. The second-order valence-corrected chi connectivity index (χ2v) is 8.07. The third kappa shape index (κ3) is 4.78. The van der Waals surface area contributed by atoms with Crippen molar-refractivity contribution in [3.63, 3.8) is 0 Å². The second-order valence-electron chi connectivity index (χ2n) is 8.07. The Hall–Kier alpha value is -3.73. The molecule has 1 aliphatic heterocycles. The minimum absolute atomic E-state index is 0.0393. The molecule has 0 spiro atoms. The molecule has 0 unspecified atom stereocenters. The number of carbonyl (C=O) groups is 3. The van der Waals surface area contributed by atoms with Crippen LogP contribution < -0.4 is 10.1 Å². The van der Waals surface area contributed by atoms with E-state index in [4.69, 9.17) is 10.00 Å². The summed E-state index contributed by atoms with van der Waals surface area (Å²) in [7, 11) is 0. The molecule has 1 aromatic heterocycles. The fraction of sp³-hybridized carbons (Fsp3) is 0.375. The van der Waals surface area contributed by atoms with E-state index in [2.05, 4.69) is 10.3 Å². The highest BCUT2D eigenvalue weighted by atomic mass is 16.5. The average Bonchev–Trinajstić information content (AvgIpc) is 3.06. The molecule has 1 aromatic carbocycles. The Bertz CT molecular complexity index is 1020. The van der Waals surface area contributed by atoms with Crippen molar-refractivity contribution in [2.45, 2.75) is 50.7 Å². The van der Waals surface area contributed by atoms with Gasteiger partial charge >= 0.3 is 0 Å². The van der Waals surface area contributed by atoms with Gasteiger partial charge in [0, 0.05) is 31.3 Å². The molecule has 0 saturated heterocycles. The molecule has 1 fully saturated rings. The maximum atomic E-state index is 12.4. The summed E-state index contributed by atoms with van der Waals surface area (Å²) in [5, 5.41) is 11.9. The molecule has 164 valence electrons. The van der Waals surface area contributed by atoms with E-state index in [-0.39, 0.29) is 42.8 Å². The van der Waals surface area contributed by atoms with Crippen LogP contribution in [0.3, 0.4) is 0 Å². The number of pyridine rings is 1. The zero-order valence-electron chi connectivity index (χ0n) is 17.6. The van der Waals surface area contributed by atoms with E-state index in [1.807, 2.05) is 6.07 Å². The van der Waals surface area contributed by atoms with Crippen molar-refractivity contribution < 1.29 is 19.1 Å². The first-order valence-corrected chi connectivity index (χ1v) is 10.8. The first-order chi connectivity index (χ1) is 15.5. The van der Waals surface area contributed by atoms with Gasteiger partial charge < -0.3 is 10.1 Å². The third-order valence-electron chi connectivity index (χ3n) is 5.86. The van der Waals surface area contributed by atoms with Gasteiger partial charge in [-0.15, -0.1) is 0 Å². The Morgan fingerprint density at radius 1 is 1.09 bits per heavy atom. The number of fused-ring (bicyclic) bond motifs is 1. The number of nitrogens with zero attached hydrogens (tertiary/aromatic N) is 3. The van der Waals surface area contributed by atoms with Gasteiger partial charge in [0.2, 0.25) is 11.8 Å². The van der Waals surface area contributed by atoms with Crippen LogP contribution in [0.15, 0.2) is 42.6 Å². The topological polar surface area (TPSA) is 112 Å². The number of hydrogen-bond acceptors (Lipinski definition) is 6. The molecule has 1 saturated carbocycles. The highest BCUT2D eigenvalue weighted by Gasteiger charge is 2.34. The van der Waals surface area contributed by atoms with Crippen LogP contribution in [0.4, 0.5) is 0 Å². The monoisotopic (exact) mass is 432 g/mol. The molecule has 3 amide bonds. The van der Waals surface area contributed by atoms with E-state index < -0.39 is 0 Å². The zero-order valence-corrected chi connectivity index (χ0v) is 17.6. The number of amides is 3. The lowest BCUT2D eigenvalue weighted by Crippen LogP contribution is -2.40. The Morgan fingerprint density at radius 2 is 1.78 bits per heavy atom. The molecular formula is C24H24N4O4. The van der Waals surface area contributed by atoms with Crippen molar-refractivity contribution in [2.24, 2.45) is 0 Å². The van der Waals surface area contributed by atoms with E-state index in [1.54, 1.807) is 36.4 Å². The van der Waals surface area contributed by atoms with Gasteiger partial charge in [0.15, 0.2) is 0 Å². The summed E-state index contributed by atoms with van der Waals surface area (Å²) in [6.07, 6.45) is 5.46. The summed E-state index contributed by atoms with van der Waals surface area (Å²) < 4.78 is 5.87. The normalized spacial score (nSPS) is 19.9. The molecule has 1 N–H and O–H groups in total. The van der Waals surface area contributed by atoms with Crippen molar-refractivity contribution >= 4 is 17.7 Å². The van der Waals surface area contributed by atoms with Crippen molar-refractivity contribution in [2.75, 3.05) is 6.54 Å². The zero-order chi connectivity index (χ0) is 22.5. The first kappa shape index (κ1) is 21.5. The van der Waals surface area contributed by atoms with Crippen molar-refractivity contribution in [1.29, 1.82) is 5.26 Å². The molecule has 0 atom stereocenters.